The molecule has 0 radical (unpaired) electrons. The molecule has 1 aromatic heterocycles. The molecule has 0 amide bonds. The monoisotopic (exact) mass is 216 g/mol. The van der Waals surface area contributed by atoms with Gasteiger partial charge in [-0.15, -0.1) is 0 Å². The summed E-state index contributed by atoms with van der Waals surface area (Å²) in [6.07, 6.45) is 3.50. The van der Waals surface area contributed by atoms with E-state index in [0.29, 0.717) is 16.7 Å². The molecule has 0 unspecified atom stereocenters. The topological polar surface area (TPSA) is 50.4 Å². The van der Waals surface area contributed by atoms with E-state index in [9.17, 15) is 9.90 Å². The summed E-state index contributed by atoms with van der Waals surface area (Å²) in [7, 11) is 0. The van der Waals surface area contributed by atoms with E-state index in [1.54, 1.807) is 25.1 Å². The third-order valence-electron chi connectivity index (χ3n) is 2.36. The second-order valence-corrected chi connectivity index (χ2v) is 3.65. The number of phenols is 1. The first-order valence-corrected chi connectivity index (χ1v) is 5.02. The van der Waals surface area contributed by atoms with Gasteiger partial charge in [-0.3, -0.25) is 4.79 Å². The Morgan fingerprint density at radius 3 is 2.75 bits per heavy atom. The van der Waals surface area contributed by atoms with Gasteiger partial charge in [-0.2, -0.15) is 0 Å². The van der Waals surface area contributed by atoms with E-state index in [1.165, 1.54) is 12.1 Å². The van der Waals surface area contributed by atoms with Crippen LogP contribution in [0.2, 0.25) is 0 Å². The Morgan fingerprint density at radius 2 is 2.06 bits per heavy atom. The minimum atomic E-state index is -0.0909. The highest BCUT2D eigenvalue weighted by atomic mass is 16.3. The molecule has 2 rings (SSSR count). The Balaban J connectivity index is 2.87. The summed E-state index contributed by atoms with van der Waals surface area (Å²) in [4.78, 5) is 11.8. The lowest BCUT2D eigenvalue weighted by Crippen LogP contribution is -2.02. The van der Waals surface area contributed by atoms with E-state index in [4.69, 9.17) is 4.42 Å². The Kier molecular flexibility index (Phi) is 2.52. The number of benzene rings is 1. The van der Waals surface area contributed by atoms with Gasteiger partial charge in [0.2, 0.25) is 0 Å². The number of rotatable bonds is 1. The molecule has 0 aliphatic heterocycles. The van der Waals surface area contributed by atoms with Crippen LogP contribution in [-0.4, -0.2) is 5.11 Å². The summed E-state index contributed by atoms with van der Waals surface area (Å²) in [5.41, 5.74) is 1.04. The molecular weight excluding hydrogens is 204 g/mol. The Labute approximate surface area is 92.6 Å². The van der Waals surface area contributed by atoms with E-state index in [1.807, 2.05) is 6.92 Å². The van der Waals surface area contributed by atoms with Gasteiger partial charge in [0.15, 0.2) is 5.43 Å². The van der Waals surface area contributed by atoms with Gasteiger partial charge >= 0.3 is 0 Å². The third kappa shape index (κ3) is 1.72. The molecule has 1 heterocycles. The molecule has 0 saturated heterocycles. The van der Waals surface area contributed by atoms with Crippen LogP contribution >= 0.6 is 0 Å². The van der Waals surface area contributed by atoms with Crippen LogP contribution in [0.4, 0.5) is 0 Å². The quantitative estimate of drug-likeness (QED) is 0.797. The lowest BCUT2D eigenvalue weighted by molar-refractivity contribution is 0.473. The van der Waals surface area contributed by atoms with Gasteiger partial charge < -0.3 is 9.52 Å². The zero-order valence-corrected chi connectivity index (χ0v) is 9.15. The highest BCUT2D eigenvalue weighted by Crippen LogP contribution is 2.22. The average Bonchev–Trinajstić information content (AvgIpc) is 2.15. The summed E-state index contributed by atoms with van der Waals surface area (Å²) in [5.74, 6) is 0.593. The number of aromatic hydroxyl groups is 1. The molecule has 0 aliphatic rings. The Morgan fingerprint density at radius 1 is 1.31 bits per heavy atom. The van der Waals surface area contributed by atoms with E-state index in [2.05, 4.69) is 0 Å². The van der Waals surface area contributed by atoms with Crippen molar-refractivity contribution >= 4 is 17.0 Å². The zero-order valence-electron chi connectivity index (χ0n) is 9.15. The van der Waals surface area contributed by atoms with E-state index < -0.39 is 0 Å². The number of allylic oxidation sites excluding steroid dienone is 1. The van der Waals surface area contributed by atoms with Gasteiger partial charge in [-0.1, -0.05) is 6.08 Å². The first-order valence-electron chi connectivity index (χ1n) is 5.02. The highest BCUT2D eigenvalue weighted by molar-refractivity contribution is 5.82. The van der Waals surface area contributed by atoms with Gasteiger partial charge in [0, 0.05) is 12.1 Å². The maximum atomic E-state index is 11.8. The molecule has 0 spiro atoms. The molecule has 1 aromatic carbocycles. The molecule has 0 bridgehead atoms. The fourth-order valence-corrected chi connectivity index (χ4v) is 1.74. The van der Waals surface area contributed by atoms with Crippen molar-refractivity contribution in [2.45, 2.75) is 13.8 Å². The molecule has 0 saturated carbocycles. The Hall–Kier alpha value is -2.03. The first-order chi connectivity index (χ1) is 7.61. The minimum Gasteiger partial charge on any atom is -0.508 e. The third-order valence-corrected chi connectivity index (χ3v) is 2.36. The van der Waals surface area contributed by atoms with Crippen molar-refractivity contribution in [2.24, 2.45) is 0 Å². The molecule has 3 heteroatoms. The van der Waals surface area contributed by atoms with Crippen molar-refractivity contribution in [1.82, 2.24) is 0 Å². The summed E-state index contributed by atoms with van der Waals surface area (Å²) >= 11 is 0. The molecular formula is C13H12O3. The maximum absolute atomic E-state index is 11.8. The van der Waals surface area contributed by atoms with Crippen molar-refractivity contribution in [3.05, 3.63) is 45.8 Å². The smallest absolute Gasteiger partial charge is 0.193 e. The second kappa shape index (κ2) is 3.85. The van der Waals surface area contributed by atoms with E-state index in [-0.39, 0.29) is 11.2 Å². The van der Waals surface area contributed by atoms with Crippen LogP contribution in [0.3, 0.4) is 0 Å². The summed E-state index contributed by atoms with van der Waals surface area (Å²) < 4.78 is 5.50. The fourth-order valence-electron chi connectivity index (χ4n) is 1.74. The van der Waals surface area contributed by atoms with Crippen LogP contribution in [0.25, 0.3) is 17.0 Å². The van der Waals surface area contributed by atoms with Crippen molar-refractivity contribution in [3.63, 3.8) is 0 Å². The van der Waals surface area contributed by atoms with Crippen LogP contribution in [0.1, 0.15) is 18.2 Å². The van der Waals surface area contributed by atoms with Gasteiger partial charge in [-0.25, -0.2) is 0 Å². The molecule has 0 fully saturated rings. The number of aryl methyl sites for hydroxylation is 1. The molecule has 0 aliphatic carbocycles. The lowest BCUT2D eigenvalue weighted by Gasteiger charge is -2.03. The van der Waals surface area contributed by atoms with Gasteiger partial charge in [-0.05, 0) is 31.6 Å². The normalized spacial score (nSPS) is 11.4. The van der Waals surface area contributed by atoms with Gasteiger partial charge in [0.05, 0.1) is 5.39 Å². The number of fused-ring (bicyclic) bond motifs is 1. The molecule has 82 valence electrons. The van der Waals surface area contributed by atoms with Crippen LogP contribution in [0.5, 0.6) is 5.75 Å². The molecule has 2 aromatic rings. The lowest BCUT2D eigenvalue weighted by atomic mass is 10.1. The number of hydrogen-bond donors (Lipinski definition) is 1. The van der Waals surface area contributed by atoms with Crippen molar-refractivity contribution in [3.8, 4) is 5.75 Å². The van der Waals surface area contributed by atoms with E-state index >= 15 is 0 Å². The van der Waals surface area contributed by atoms with Crippen molar-refractivity contribution < 1.29 is 9.52 Å². The van der Waals surface area contributed by atoms with Crippen LogP contribution in [0, 0.1) is 6.92 Å². The summed E-state index contributed by atoms with van der Waals surface area (Å²) in [6, 6.07) is 4.46. The van der Waals surface area contributed by atoms with Crippen LogP contribution in [0.15, 0.2) is 33.5 Å². The SMILES string of the molecule is CC=Cc1cc(=O)c2c(C)cc(O)cc2o1. The molecule has 3 nitrogen and oxygen atoms in total. The van der Waals surface area contributed by atoms with Gasteiger partial charge in [0.1, 0.15) is 17.1 Å². The second-order valence-electron chi connectivity index (χ2n) is 3.65. The largest absolute Gasteiger partial charge is 0.508 e. The standard InChI is InChI=1S/C13H12O3/c1-3-4-10-7-11(15)13-8(2)5-9(14)6-12(13)16-10/h3-7,14H,1-2H3. The fraction of sp³-hybridized carbons (Fsp3) is 0.154. The van der Waals surface area contributed by atoms with Crippen molar-refractivity contribution in [2.75, 3.05) is 0 Å². The Bertz CT molecular complexity index is 621. The predicted molar refractivity (Wildman–Crippen MR) is 63.6 cm³/mol. The van der Waals surface area contributed by atoms with Crippen LogP contribution < -0.4 is 5.43 Å². The summed E-state index contributed by atoms with van der Waals surface area (Å²) in [5, 5.41) is 9.96. The number of phenolic OH excluding ortho intramolecular Hbond substituents is 1. The minimum absolute atomic E-state index is 0.0909. The van der Waals surface area contributed by atoms with Gasteiger partial charge in [0.25, 0.3) is 0 Å². The first kappa shape index (κ1) is 10.5. The number of hydrogen-bond acceptors (Lipinski definition) is 3. The van der Waals surface area contributed by atoms with E-state index in [0.717, 1.165) is 5.56 Å². The molecule has 1 N–H and O–H groups in total. The average molecular weight is 216 g/mol. The highest BCUT2D eigenvalue weighted by Gasteiger charge is 2.07. The zero-order chi connectivity index (χ0) is 11.7. The molecule has 0 atom stereocenters. The summed E-state index contributed by atoms with van der Waals surface area (Å²) in [6.45, 7) is 3.62. The predicted octanol–water partition coefficient (Wildman–Crippen LogP) is 2.84. The molecule has 16 heavy (non-hydrogen) atoms. The van der Waals surface area contributed by atoms with Crippen LogP contribution in [-0.2, 0) is 0 Å². The van der Waals surface area contributed by atoms with Crippen molar-refractivity contribution in [1.29, 1.82) is 0 Å². The maximum Gasteiger partial charge on any atom is 0.193 e.